The Morgan fingerprint density at radius 1 is 1.38 bits per heavy atom. The van der Waals surface area contributed by atoms with E-state index in [1.165, 1.54) is 12.1 Å². The summed E-state index contributed by atoms with van der Waals surface area (Å²) in [6.45, 7) is 5.48. The van der Waals surface area contributed by atoms with E-state index in [1.807, 2.05) is 11.8 Å². The molecule has 2 rings (SSSR count). The number of carbonyl (C=O) groups is 1. The maximum atomic E-state index is 13.5. The van der Waals surface area contributed by atoms with Crippen molar-refractivity contribution < 1.29 is 13.9 Å². The summed E-state index contributed by atoms with van der Waals surface area (Å²) in [6.07, 6.45) is 0. The maximum absolute atomic E-state index is 13.5. The number of rotatable bonds is 6. The highest BCUT2D eigenvalue weighted by Crippen LogP contribution is 2.23. The Balaban J connectivity index is 0.00000264. The molecule has 0 saturated carbocycles. The van der Waals surface area contributed by atoms with Gasteiger partial charge in [-0.2, -0.15) is 0 Å². The van der Waals surface area contributed by atoms with Crippen molar-refractivity contribution in [1.82, 2.24) is 10.2 Å². The van der Waals surface area contributed by atoms with E-state index in [0.29, 0.717) is 45.0 Å². The predicted octanol–water partition coefficient (Wildman–Crippen LogP) is 1.75. The highest BCUT2D eigenvalue weighted by Gasteiger charge is 2.29. The van der Waals surface area contributed by atoms with Gasteiger partial charge in [-0.1, -0.05) is 19.1 Å². The quantitative estimate of drug-likeness (QED) is 0.787. The molecule has 0 radical (unpaired) electrons. The van der Waals surface area contributed by atoms with Gasteiger partial charge in [-0.05, 0) is 30.2 Å². The predicted molar refractivity (Wildman–Crippen MR) is 97.3 cm³/mol. The van der Waals surface area contributed by atoms with E-state index in [0.717, 1.165) is 0 Å². The Kier molecular flexibility index (Phi) is 11.2. The number of hydrogen-bond donors (Lipinski definition) is 2. The molecule has 5 nitrogen and oxygen atoms in total. The summed E-state index contributed by atoms with van der Waals surface area (Å²) in [5, 5.41) is 2.92. The number of morpholine rings is 1. The Morgan fingerprint density at radius 3 is 2.62 bits per heavy atom. The van der Waals surface area contributed by atoms with Crippen LogP contribution in [0.25, 0.3) is 0 Å². The number of ether oxygens (including phenoxy) is 1. The fourth-order valence-electron chi connectivity index (χ4n) is 2.50. The molecule has 1 heterocycles. The van der Waals surface area contributed by atoms with Crippen molar-refractivity contribution in [2.75, 3.05) is 39.4 Å². The zero-order chi connectivity index (χ0) is 15.9. The third kappa shape index (κ3) is 6.53. The summed E-state index contributed by atoms with van der Waals surface area (Å²) in [4.78, 5) is 14.6. The molecule has 1 fully saturated rings. The summed E-state index contributed by atoms with van der Waals surface area (Å²) in [6, 6.07) is 5.73. The number of nitrogens with two attached hydrogens (primary N) is 1. The number of amides is 1. The van der Waals surface area contributed by atoms with E-state index < -0.39 is 6.04 Å². The Bertz CT molecular complexity index is 502. The van der Waals surface area contributed by atoms with Crippen LogP contribution >= 0.6 is 24.8 Å². The lowest BCUT2D eigenvalue weighted by Gasteiger charge is -2.34. The van der Waals surface area contributed by atoms with Crippen LogP contribution in [0.2, 0.25) is 0 Å². The highest BCUT2D eigenvalue weighted by molar-refractivity contribution is 5.85. The smallest absolute Gasteiger partial charge is 0.241 e. The number of benzene rings is 1. The molecule has 2 unspecified atom stereocenters. The van der Waals surface area contributed by atoms with Gasteiger partial charge >= 0.3 is 0 Å². The minimum absolute atomic E-state index is 0. The fraction of sp³-hybridized carbons (Fsp3) is 0.562. The molecule has 1 aliphatic rings. The molecule has 2 atom stereocenters. The first-order chi connectivity index (χ1) is 10.6. The molecule has 1 aromatic rings. The van der Waals surface area contributed by atoms with E-state index in [9.17, 15) is 9.18 Å². The molecule has 0 spiro atoms. The highest BCUT2D eigenvalue weighted by atomic mass is 35.5. The van der Waals surface area contributed by atoms with Gasteiger partial charge in [0, 0.05) is 19.6 Å². The molecule has 24 heavy (non-hydrogen) atoms. The molecule has 0 aromatic heterocycles. The van der Waals surface area contributed by atoms with Gasteiger partial charge in [0.15, 0.2) is 0 Å². The number of halogens is 3. The van der Waals surface area contributed by atoms with Crippen molar-refractivity contribution in [3.8, 4) is 0 Å². The number of nitrogens with one attached hydrogen (secondary N) is 1. The topological polar surface area (TPSA) is 67.6 Å². The molecular weight excluding hydrogens is 356 g/mol. The number of carbonyl (C=O) groups excluding carboxylic acids is 1. The maximum Gasteiger partial charge on any atom is 0.241 e. The third-order valence-corrected chi connectivity index (χ3v) is 3.85. The average Bonchev–Trinajstić information content (AvgIpc) is 2.54. The molecule has 3 N–H and O–H groups in total. The molecule has 0 aliphatic carbocycles. The second-order valence-electron chi connectivity index (χ2n) is 5.69. The molecule has 8 heteroatoms. The van der Waals surface area contributed by atoms with Crippen LogP contribution in [0.3, 0.4) is 0 Å². The van der Waals surface area contributed by atoms with Crippen molar-refractivity contribution in [3.05, 3.63) is 35.6 Å². The van der Waals surface area contributed by atoms with E-state index in [4.69, 9.17) is 10.5 Å². The van der Waals surface area contributed by atoms with Gasteiger partial charge in [0.05, 0.1) is 13.2 Å². The van der Waals surface area contributed by atoms with Crippen LogP contribution < -0.4 is 11.1 Å². The van der Waals surface area contributed by atoms with E-state index >= 15 is 0 Å². The van der Waals surface area contributed by atoms with Crippen molar-refractivity contribution in [1.29, 1.82) is 0 Å². The summed E-state index contributed by atoms with van der Waals surface area (Å²) < 4.78 is 18.9. The van der Waals surface area contributed by atoms with Crippen molar-refractivity contribution in [2.24, 2.45) is 11.7 Å². The van der Waals surface area contributed by atoms with Crippen LogP contribution in [0, 0.1) is 11.7 Å². The van der Waals surface area contributed by atoms with Crippen LogP contribution in [0.15, 0.2) is 24.3 Å². The summed E-state index contributed by atoms with van der Waals surface area (Å²) >= 11 is 0. The van der Waals surface area contributed by atoms with Gasteiger partial charge in [0.2, 0.25) is 5.91 Å². The standard InChI is InChI=1S/C16H24FN3O2.2ClH/c1-12(10-18)11-19-16(21)15(20-5-7-22-8-6-20)13-3-2-4-14(17)9-13;;/h2-4,9,12,15H,5-8,10-11,18H2,1H3,(H,19,21);2*1H. The largest absolute Gasteiger partial charge is 0.379 e. The lowest BCUT2D eigenvalue weighted by Crippen LogP contribution is -2.46. The lowest BCUT2D eigenvalue weighted by molar-refractivity contribution is -0.128. The number of hydrogen-bond acceptors (Lipinski definition) is 4. The van der Waals surface area contributed by atoms with Gasteiger partial charge in [0.25, 0.3) is 0 Å². The Morgan fingerprint density at radius 2 is 2.04 bits per heavy atom. The molecule has 1 aromatic carbocycles. The average molecular weight is 382 g/mol. The molecule has 138 valence electrons. The second kappa shape index (κ2) is 11.6. The van der Waals surface area contributed by atoms with Crippen molar-refractivity contribution in [3.63, 3.8) is 0 Å². The zero-order valence-electron chi connectivity index (χ0n) is 13.7. The van der Waals surface area contributed by atoms with Crippen molar-refractivity contribution >= 4 is 30.7 Å². The van der Waals surface area contributed by atoms with Gasteiger partial charge in [-0.15, -0.1) is 24.8 Å². The van der Waals surface area contributed by atoms with Crippen LogP contribution in [0.4, 0.5) is 4.39 Å². The van der Waals surface area contributed by atoms with E-state index in [-0.39, 0.29) is 42.5 Å². The SMILES string of the molecule is CC(CN)CNC(=O)C(c1cccc(F)c1)N1CCOCC1.Cl.Cl. The first-order valence-electron chi connectivity index (χ1n) is 7.67. The van der Waals surface area contributed by atoms with Gasteiger partial charge in [-0.25, -0.2) is 4.39 Å². The molecule has 1 aliphatic heterocycles. The van der Waals surface area contributed by atoms with Gasteiger partial charge in [0.1, 0.15) is 11.9 Å². The minimum Gasteiger partial charge on any atom is -0.379 e. The van der Waals surface area contributed by atoms with Gasteiger partial charge < -0.3 is 15.8 Å². The molecule has 1 saturated heterocycles. The van der Waals surface area contributed by atoms with Gasteiger partial charge in [-0.3, -0.25) is 9.69 Å². The van der Waals surface area contributed by atoms with Crippen molar-refractivity contribution in [2.45, 2.75) is 13.0 Å². The minimum atomic E-state index is -0.496. The molecular formula is C16H26Cl2FN3O2. The van der Waals surface area contributed by atoms with Crippen LogP contribution in [-0.2, 0) is 9.53 Å². The first kappa shape index (κ1) is 23.1. The number of nitrogens with zero attached hydrogens (tertiary/aromatic N) is 1. The zero-order valence-corrected chi connectivity index (χ0v) is 15.4. The molecule has 1 amide bonds. The third-order valence-electron chi connectivity index (χ3n) is 3.85. The first-order valence-corrected chi connectivity index (χ1v) is 7.67. The van der Waals surface area contributed by atoms with E-state index in [2.05, 4.69) is 5.32 Å². The summed E-state index contributed by atoms with van der Waals surface area (Å²) in [7, 11) is 0. The Hall–Kier alpha value is -0.920. The summed E-state index contributed by atoms with van der Waals surface area (Å²) in [5.74, 6) is -0.242. The van der Waals surface area contributed by atoms with Crippen LogP contribution in [0.1, 0.15) is 18.5 Å². The van der Waals surface area contributed by atoms with E-state index in [1.54, 1.807) is 12.1 Å². The monoisotopic (exact) mass is 381 g/mol. The fourth-order valence-corrected chi connectivity index (χ4v) is 2.50. The van der Waals surface area contributed by atoms with Crippen LogP contribution in [0.5, 0.6) is 0 Å². The lowest BCUT2D eigenvalue weighted by atomic mass is 10.0. The second-order valence-corrected chi connectivity index (χ2v) is 5.69. The normalized spacial score (nSPS) is 17.1. The molecule has 0 bridgehead atoms. The Labute approximate surface area is 154 Å². The van der Waals surface area contributed by atoms with Crippen LogP contribution in [-0.4, -0.2) is 50.2 Å². The summed E-state index contributed by atoms with van der Waals surface area (Å²) in [5.41, 5.74) is 6.25.